The van der Waals surface area contributed by atoms with Crippen molar-refractivity contribution in [3.05, 3.63) is 36.5 Å². The van der Waals surface area contributed by atoms with Crippen LogP contribution in [0.4, 0.5) is 0 Å². The summed E-state index contributed by atoms with van der Waals surface area (Å²) < 4.78 is 17.3. The first-order valence-corrected chi connectivity index (χ1v) is 26.5. The summed E-state index contributed by atoms with van der Waals surface area (Å²) in [4.78, 5) is 37.1. The van der Waals surface area contributed by atoms with Crippen LogP contribution >= 0.6 is 0 Å². The molecule has 8 nitrogen and oxygen atoms in total. The third kappa shape index (κ3) is 44.5. The van der Waals surface area contributed by atoms with Gasteiger partial charge >= 0.3 is 11.9 Å². The minimum Gasteiger partial charge on any atom is -0.544 e. The lowest BCUT2D eigenvalue weighted by Crippen LogP contribution is -2.55. The van der Waals surface area contributed by atoms with Gasteiger partial charge in [-0.15, -0.1) is 0 Å². The second-order valence-corrected chi connectivity index (χ2v) is 19.1. The molecule has 0 aromatic heterocycles. The number of aliphatic carboxylic acids is 1. The summed E-state index contributed by atoms with van der Waals surface area (Å²) in [6, 6.07) is -0.725. The summed E-state index contributed by atoms with van der Waals surface area (Å²) in [7, 11) is 5.42. The Morgan fingerprint density at radius 2 is 0.889 bits per heavy atom. The zero-order valence-electron chi connectivity index (χ0n) is 42.0. The lowest BCUT2D eigenvalue weighted by Gasteiger charge is -2.34. The molecule has 0 aromatic carbocycles. The molecule has 8 heteroatoms. The van der Waals surface area contributed by atoms with E-state index in [0.717, 1.165) is 57.8 Å². The van der Waals surface area contributed by atoms with Crippen molar-refractivity contribution in [2.24, 2.45) is 0 Å². The topological polar surface area (TPSA) is 102 Å². The van der Waals surface area contributed by atoms with Crippen LogP contribution in [0.1, 0.15) is 245 Å². The number of ether oxygens (including phenoxy) is 3. The molecule has 0 bridgehead atoms. The summed E-state index contributed by atoms with van der Waals surface area (Å²) in [6.45, 7) is 4.59. The number of likely N-dealkylation sites (N-methyl/N-ethyl adjacent to an activating group) is 1. The van der Waals surface area contributed by atoms with Gasteiger partial charge < -0.3 is 28.6 Å². The van der Waals surface area contributed by atoms with Crippen molar-refractivity contribution in [2.75, 3.05) is 41.0 Å². The number of carboxylic acids is 1. The molecule has 2 atom stereocenters. The Bertz CT molecular complexity index is 1130. The van der Waals surface area contributed by atoms with Crippen LogP contribution in [0.3, 0.4) is 0 Å². The molecule has 0 N–H and O–H groups in total. The van der Waals surface area contributed by atoms with Gasteiger partial charge in [0.2, 0.25) is 0 Å². The van der Waals surface area contributed by atoms with Crippen molar-refractivity contribution in [3.63, 3.8) is 0 Å². The van der Waals surface area contributed by atoms with Gasteiger partial charge in [-0.1, -0.05) is 217 Å². The van der Waals surface area contributed by atoms with E-state index in [1.165, 1.54) is 154 Å². The molecule has 0 aliphatic heterocycles. The molecule has 0 radical (unpaired) electrons. The Hall–Kier alpha value is -2.45. The minimum absolute atomic E-state index is 0.0433. The maximum Gasteiger partial charge on any atom is 0.306 e. The van der Waals surface area contributed by atoms with Crippen molar-refractivity contribution in [2.45, 2.75) is 257 Å². The van der Waals surface area contributed by atoms with Crippen molar-refractivity contribution in [1.29, 1.82) is 0 Å². The van der Waals surface area contributed by atoms with Crippen molar-refractivity contribution in [1.82, 2.24) is 0 Å². The van der Waals surface area contributed by atoms with Crippen LogP contribution in [0, 0.1) is 0 Å². The van der Waals surface area contributed by atoms with E-state index in [0.29, 0.717) is 12.8 Å². The fourth-order valence-electron chi connectivity index (χ4n) is 7.97. The van der Waals surface area contributed by atoms with Gasteiger partial charge in [0.05, 0.1) is 40.3 Å². The molecule has 368 valence electrons. The normalized spacial score (nSPS) is 13.1. The van der Waals surface area contributed by atoms with Crippen molar-refractivity contribution < 1.29 is 38.2 Å². The molecule has 0 aliphatic carbocycles. The molecule has 0 saturated carbocycles. The van der Waals surface area contributed by atoms with Gasteiger partial charge in [0.25, 0.3) is 0 Å². The molecule has 63 heavy (non-hydrogen) atoms. The number of carbonyl (C=O) groups excluding carboxylic acids is 3. The summed E-state index contributed by atoms with van der Waals surface area (Å²) in [6.07, 6.45) is 54.6. The Morgan fingerprint density at radius 3 is 1.32 bits per heavy atom. The van der Waals surface area contributed by atoms with E-state index in [9.17, 15) is 19.5 Å². The minimum atomic E-state index is -1.12. The highest BCUT2D eigenvalue weighted by molar-refractivity contribution is 5.70. The van der Waals surface area contributed by atoms with Gasteiger partial charge in [0.15, 0.2) is 6.10 Å². The number of unbranched alkanes of at least 4 members (excludes halogenated alkanes) is 28. The van der Waals surface area contributed by atoms with E-state index in [1.54, 1.807) is 0 Å². The van der Waals surface area contributed by atoms with Gasteiger partial charge in [-0.3, -0.25) is 9.59 Å². The molecule has 0 aromatic rings. The van der Waals surface area contributed by atoms with Crippen LogP contribution in [0.5, 0.6) is 0 Å². The van der Waals surface area contributed by atoms with Gasteiger partial charge in [0.1, 0.15) is 12.6 Å². The third-order valence-corrected chi connectivity index (χ3v) is 12.0. The Labute approximate surface area is 389 Å². The van der Waals surface area contributed by atoms with Crippen molar-refractivity contribution in [3.8, 4) is 0 Å². The SMILES string of the molecule is CC/C=C/C/C=C/C/C=C/CCCCCCCCCCCCCC(=O)OC(COCCC(C(=O)[O-])[N+](C)(C)C)COC(=O)CCCCCCCCCCCCCCCCCCCC. The largest absolute Gasteiger partial charge is 0.544 e. The molecule has 0 saturated heterocycles. The van der Waals surface area contributed by atoms with Gasteiger partial charge in [-0.05, 0) is 44.9 Å². The van der Waals surface area contributed by atoms with E-state index >= 15 is 0 Å². The lowest BCUT2D eigenvalue weighted by molar-refractivity contribution is -0.889. The number of carboxylic acid groups (broad SMARTS) is 1. The maximum atomic E-state index is 12.8. The molecule has 0 amide bonds. The number of rotatable bonds is 48. The van der Waals surface area contributed by atoms with Crippen LogP contribution in [0.25, 0.3) is 0 Å². The maximum absolute atomic E-state index is 12.8. The van der Waals surface area contributed by atoms with Crippen LogP contribution in [0.15, 0.2) is 36.5 Å². The molecule has 2 unspecified atom stereocenters. The number of quaternary nitrogens is 1. The zero-order chi connectivity index (χ0) is 46.3. The molecule has 0 rings (SSSR count). The molecular formula is C55H101NO7. The van der Waals surface area contributed by atoms with E-state index in [1.807, 2.05) is 21.1 Å². The molecular weight excluding hydrogens is 787 g/mol. The fraction of sp³-hybridized carbons (Fsp3) is 0.836. The number of carbonyl (C=O) groups is 3. The lowest BCUT2D eigenvalue weighted by atomic mass is 10.0. The Balaban J connectivity index is 4.20. The second kappa shape index (κ2) is 46.1. The van der Waals surface area contributed by atoms with Gasteiger partial charge in [-0.25, -0.2) is 0 Å². The number of hydrogen-bond donors (Lipinski definition) is 0. The molecule has 0 heterocycles. The van der Waals surface area contributed by atoms with E-state index < -0.39 is 18.1 Å². The van der Waals surface area contributed by atoms with Crippen LogP contribution in [-0.4, -0.2) is 75.5 Å². The first kappa shape index (κ1) is 60.5. The summed E-state index contributed by atoms with van der Waals surface area (Å²) in [5.74, 6) is -1.72. The average molecular weight is 888 g/mol. The fourth-order valence-corrected chi connectivity index (χ4v) is 7.97. The highest BCUT2D eigenvalue weighted by Gasteiger charge is 2.25. The van der Waals surface area contributed by atoms with Crippen molar-refractivity contribution >= 4 is 17.9 Å². The molecule has 0 aliphatic rings. The molecule has 0 fully saturated rings. The summed E-state index contributed by atoms with van der Waals surface area (Å²) in [5, 5.41) is 11.7. The summed E-state index contributed by atoms with van der Waals surface area (Å²) in [5.41, 5.74) is 0. The quantitative estimate of drug-likeness (QED) is 0.0259. The zero-order valence-corrected chi connectivity index (χ0v) is 42.0. The highest BCUT2D eigenvalue weighted by Crippen LogP contribution is 2.17. The van der Waals surface area contributed by atoms with Crippen LogP contribution < -0.4 is 5.11 Å². The van der Waals surface area contributed by atoms with Gasteiger partial charge in [-0.2, -0.15) is 0 Å². The monoisotopic (exact) mass is 888 g/mol. The standard InChI is InChI=1S/C55H101NO7/c1-6-8-10-12-14-16-18-20-22-24-26-27-28-30-32-34-36-38-40-42-44-46-54(58)63-51(49-61-48-47-52(55(59)60)56(3,4)5)50-62-53(57)45-43-41-39-37-35-33-31-29-25-23-21-19-17-15-13-11-9-7-2/h8,10,14,16,20,22,51-52H,6-7,9,11-13,15,17-19,21,23-50H2,1-5H3/b10-8+,16-14+,22-20+. The predicted octanol–water partition coefficient (Wildman–Crippen LogP) is 14.0. The Kier molecular flexibility index (Phi) is 44.3. The first-order chi connectivity index (χ1) is 30.6. The number of esters is 2. The Morgan fingerprint density at radius 1 is 0.492 bits per heavy atom. The van der Waals surface area contributed by atoms with Gasteiger partial charge in [0, 0.05) is 19.3 Å². The van der Waals surface area contributed by atoms with E-state index in [2.05, 4.69) is 50.3 Å². The third-order valence-electron chi connectivity index (χ3n) is 12.0. The smallest absolute Gasteiger partial charge is 0.306 e. The predicted molar refractivity (Wildman–Crippen MR) is 263 cm³/mol. The number of allylic oxidation sites excluding steroid dienone is 6. The summed E-state index contributed by atoms with van der Waals surface area (Å²) >= 11 is 0. The average Bonchev–Trinajstić information content (AvgIpc) is 3.24. The number of hydrogen-bond acceptors (Lipinski definition) is 7. The highest BCUT2D eigenvalue weighted by atomic mass is 16.6. The van der Waals surface area contributed by atoms with Crippen LogP contribution in [0.2, 0.25) is 0 Å². The van der Waals surface area contributed by atoms with E-state index in [-0.39, 0.29) is 42.7 Å². The molecule has 0 spiro atoms. The second-order valence-electron chi connectivity index (χ2n) is 19.1. The first-order valence-electron chi connectivity index (χ1n) is 26.5. The van der Waals surface area contributed by atoms with E-state index in [4.69, 9.17) is 14.2 Å². The number of nitrogens with zero attached hydrogens (tertiary/aromatic N) is 1. The van der Waals surface area contributed by atoms with Crippen LogP contribution in [-0.2, 0) is 28.6 Å².